The molecule has 0 radical (unpaired) electrons. The predicted molar refractivity (Wildman–Crippen MR) is 63.6 cm³/mol. The lowest BCUT2D eigenvalue weighted by molar-refractivity contribution is 0.0384. The van der Waals surface area contributed by atoms with Crippen LogP contribution < -0.4 is 0 Å². The predicted octanol–water partition coefficient (Wildman–Crippen LogP) is 3.87. The van der Waals surface area contributed by atoms with Crippen molar-refractivity contribution in [3.05, 3.63) is 12.7 Å². The molecule has 14 heavy (non-hydrogen) atoms. The average molecular weight is 208 g/mol. The molecule has 0 aromatic carbocycles. The van der Waals surface area contributed by atoms with Gasteiger partial charge in [-0.15, -0.1) is 6.58 Å². The molecule has 0 aliphatic heterocycles. The van der Waals surface area contributed by atoms with Gasteiger partial charge >= 0.3 is 0 Å². The van der Waals surface area contributed by atoms with E-state index in [1.807, 2.05) is 0 Å². The summed E-state index contributed by atoms with van der Waals surface area (Å²) in [5.41, 5.74) is 0. The molecule has 0 aromatic heterocycles. The number of hydrogen-bond donors (Lipinski definition) is 0. The van der Waals surface area contributed by atoms with Crippen molar-refractivity contribution in [2.24, 2.45) is 17.8 Å². The van der Waals surface area contributed by atoms with Crippen molar-refractivity contribution < 1.29 is 0 Å². The standard InChI is InChI=1S/C13H20S/c1-2-3-14-13-7-10-4-11(8-13)6-12(5-10)9-13/h2,10-12H,1,3-9H2. The maximum Gasteiger partial charge on any atom is 0.0171 e. The minimum absolute atomic E-state index is 0.697. The molecule has 0 heterocycles. The Morgan fingerprint density at radius 3 is 2.00 bits per heavy atom. The van der Waals surface area contributed by atoms with Gasteiger partial charge in [0.2, 0.25) is 0 Å². The Labute approximate surface area is 91.5 Å². The topological polar surface area (TPSA) is 0 Å². The van der Waals surface area contributed by atoms with Crippen molar-refractivity contribution in [3.8, 4) is 0 Å². The van der Waals surface area contributed by atoms with Crippen molar-refractivity contribution in [2.75, 3.05) is 5.75 Å². The Morgan fingerprint density at radius 2 is 1.57 bits per heavy atom. The smallest absolute Gasteiger partial charge is 0.0171 e. The van der Waals surface area contributed by atoms with Crippen molar-refractivity contribution >= 4 is 11.8 Å². The monoisotopic (exact) mass is 208 g/mol. The SMILES string of the molecule is C=CCSC12CC3CC(CC(C3)C1)C2. The fourth-order valence-corrected chi connectivity index (χ4v) is 5.98. The van der Waals surface area contributed by atoms with E-state index < -0.39 is 0 Å². The molecule has 0 aromatic rings. The van der Waals surface area contributed by atoms with Crippen LogP contribution >= 0.6 is 11.8 Å². The van der Waals surface area contributed by atoms with Crippen molar-refractivity contribution in [3.63, 3.8) is 0 Å². The number of rotatable bonds is 3. The zero-order valence-electron chi connectivity index (χ0n) is 8.87. The van der Waals surface area contributed by atoms with Crippen molar-refractivity contribution in [1.29, 1.82) is 0 Å². The van der Waals surface area contributed by atoms with Crippen molar-refractivity contribution in [1.82, 2.24) is 0 Å². The van der Waals surface area contributed by atoms with Gasteiger partial charge in [-0.2, -0.15) is 11.8 Å². The third kappa shape index (κ3) is 1.44. The molecule has 4 rings (SSSR count). The molecule has 0 N–H and O–H groups in total. The van der Waals surface area contributed by atoms with E-state index in [2.05, 4.69) is 24.4 Å². The van der Waals surface area contributed by atoms with Crippen LogP contribution in [-0.4, -0.2) is 10.5 Å². The molecule has 4 saturated carbocycles. The van der Waals surface area contributed by atoms with Crippen LogP contribution in [0.2, 0.25) is 0 Å². The fourth-order valence-electron chi connectivity index (χ4n) is 4.44. The summed E-state index contributed by atoms with van der Waals surface area (Å²) in [6, 6.07) is 0. The molecule has 4 aliphatic carbocycles. The Balaban J connectivity index is 1.77. The number of hydrogen-bond acceptors (Lipinski definition) is 1. The maximum absolute atomic E-state index is 3.86. The van der Waals surface area contributed by atoms with Crippen LogP contribution in [0.3, 0.4) is 0 Å². The molecule has 78 valence electrons. The molecule has 0 nitrogen and oxygen atoms in total. The third-order valence-corrected chi connectivity index (χ3v) is 6.00. The van der Waals surface area contributed by atoms with E-state index in [1.165, 1.54) is 25.0 Å². The summed E-state index contributed by atoms with van der Waals surface area (Å²) < 4.78 is 0.697. The maximum atomic E-state index is 3.86. The van der Waals surface area contributed by atoms with Gasteiger partial charge in [-0.1, -0.05) is 6.08 Å². The Kier molecular flexibility index (Phi) is 2.20. The van der Waals surface area contributed by atoms with Gasteiger partial charge < -0.3 is 0 Å². The lowest BCUT2D eigenvalue weighted by Crippen LogP contribution is -2.48. The summed E-state index contributed by atoms with van der Waals surface area (Å²) >= 11 is 2.22. The highest BCUT2D eigenvalue weighted by Gasteiger charge is 2.50. The largest absolute Gasteiger partial charge is 0.151 e. The van der Waals surface area contributed by atoms with Gasteiger partial charge in [0, 0.05) is 10.5 Å². The van der Waals surface area contributed by atoms with E-state index in [9.17, 15) is 0 Å². The minimum atomic E-state index is 0.697. The normalized spacial score (nSPS) is 49.6. The first-order chi connectivity index (χ1) is 6.80. The van der Waals surface area contributed by atoms with E-state index in [0.29, 0.717) is 4.75 Å². The quantitative estimate of drug-likeness (QED) is 0.634. The minimum Gasteiger partial charge on any atom is -0.151 e. The highest BCUT2D eigenvalue weighted by molar-refractivity contribution is 8.00. The Morgan fingerprint density at radius 1 is 1.07 bits per heavy atom. The molecular formula is C13H20S. The molecule has 1 heteroatoms. The van der Waals surface area contributed by atoms with Crippen LogP contribution in [0, 0.1) is 17.8 Å². The highest BCUT2D eigenvalue weighted by Crippen LogP contribution is 2.60. The average Bonchev–Trinajstić information content (AvgIpc) is 2.12. The van der Waals surface area contributed by atoms with Crippen LogP contribution in [0.1, 0.15) is 38.5 Å². The summed E-state index contributed by atoms with van der Waals surface area (Å²) in [6.45, 7) is 3.86. The summed E-state index contributed by atoms with van der Waals surface area (Å²) in [5.74, 6) is 4.46. The summed E-state index contributed by atoms with van der Waals surface area (Å²) in [5, 5.41) is 0. The molecule has 4 fully saturated rings. The van der Waals surface area contributed by atoms with Crippen LogP contribution in [0.15, 0.2) is 12.7 Å². The van der Waals surface area contributed by atoms with Gasteiger partial charge in [0.15, 0.2) is 0 Å². The van der Waals surface area contributed by atoms with Crippen LogP contribution in [0.5, 0.6) is 0 Å². The van der Waals surface area contributed by atoms with E-state index in [-0.39, 0.29) is 0 Å². The highest BCUT2D eigenvalue weighted by atomic mass is 32.2. The molecular weight excluding hydrogens is 188 g/mol. The fraction of sp³-hybridized carbons (Fsp3) is 0.846. The van der Waals surface area contributed by atoms with Gasteiger partial charge in [0.1, 0.15) is 0 Å². The van der Waals surface area contributed by atoms with Crippen LogP contribution in [0.4, 0.5) is 0 Å². The lowest BCUT2D eigenvalue weighted by atomic mass is 9.56. The first-order valence-electron chi connectivity index (χ1n) is 6.04. The van der Waals surface area contributed by atoms with Crippen LogP contribution in [0.25, 0.3) is 0 Å². The van der Waals surface area contributed by atoms with Gasteiger partial charge in [0.25, 0.3) is 0 Å². The second-order valence-corrected chi connectivity index (χ2v) is 7.19. The van der Waals surface area contributed by atoms with Crippen LogP contribution in [-0.2, 0) is 0 Å². The third-order valence-electron chi connectivity index (χ3n) is 4.49. The lowest BCUT2D eigenvalue weighted by Gasteiger charge is -2.56. The van der Waals surface area contributed by atoms with Gasteiger partial charge in [-0.25, -0.2) is 0 Å². The molecule has 4 aliphatic rings. The summed E-state index contributed by atoms with van der Waals surface area (Å²) in [7, 11) is 0. The second-order valence-electron chi connectivity index (χ2n) is 5.70. The zero-order valence-corrected chi connectivity index (χ0v) is 9.69. The number of thioether (sulfide) groups is 1. The first kappa shape index (κ1) is 9.33. The zero-order chi connectivity index (χ0) is 9.60. The summed E-state index contributed by atoms with van der Waals surface area (Å²) in [4.78, 5) is 0. The molecule has 0 atom stereocenters. The molecule has 0 unspecified atom stereocenters. The Bertz CT molecular complexity index is 208. The Hall–Kier alpha value is 0.0900. The van der Waals surface area contributed by atoms with Crippen molar-refractivity contribution in [2.45, 2.75) is 43.3 Å². The molecule has 4 bridgehead atoms. The summed E-state index contributed by atoms with van der Waals surface area (Å²) in [6.07, 6.45) is 11.4. The van der Waals surface area contributed by atoms with E-state index in [0.717, 1.165) is 17.8 Å². The van der Waals surface area contributed by atoms with Gasteiger partial charge in [-0.05, 0) is 56.3 Å². The van der Waals surface area contributed by atoms with Gasteiger partial charge in [0.05, 0.1) is 0 Å². The second kappa shape index (κ2) is 3.30. The first-order valence-corrected chi connectivity index (χ1v) is 7.03. The molecule has 0 spiro atoms. The van der Waals surface area contributed by atoms with E-state index in [1.54, 1.807) is 19.3 Å². The van der Waals surface area contributed by atoms with Gasteiger partial charge in [-0.3, -0.25) is 0 Å². The molecule has 0 amide bonds. The van der Waals surface area contributed by atoms with E-state index in [4.69, 9.17) is 0 Å². The van der Waals surface area contributed by atoms with E-state index >= 15 is 0 Å². The molecule has 0 saturated heterocycles.